The first-order valence-corrected chi connectivity index (χ1v) is 7.42. The van der Waals surface area contributed by atoms with Gasteiger partial charge in [0.2, 0.25) is 0 Å². The van der Waals surface area contributed by atoms with E-state index in [4.69, 9.17) is 12.2 Å². The highest BCUT2D eigenvalue weighted by Gasteiger charge is 2.11. The van der Waals surface area contributed by atoms with Crippen LogP contribution in [0.2, 0.25) is 0 Å². The van der Waals surface area contributed by atoms with Crippen LogP contribution in [0, 0.1) is 0 Å². The van der Waals surface area contributed by atoms with Gasteiger partial charge in [0.05, 0.1) is 6.54 Å². The number of thioether (sulfide) groups is 1. The fourth-order valence-electron chi connectivity index (χ4n) is 1.25. The lowest BCUT2D eigenvalue weighted by Gasteiger charge is -2.23. The highest BCUT2D eigenvalue weighted by Crippen LogP contribution is 2.12. The largest absolute Gasteiger partial charge is 0.350 e. The molecule has 0 fully saturated rings. The van der Waals surface area contributed by atoms with Crippen molar-refractivity contribution in [3.63, 3.8) is 0 Å². The number of carbonyl (C=O) groups excluding carboxylic acids is 1. The minimum atomic E-state index is 0.189. The molecule has 0 saturated carbocycles. The third-order valence-electron chi connectivity index (χ3n) is 2.18. The zero-order valence-electron chi connectivity index (χ0n) is 10.6. The predicted molar refractivity (Wildman–Crippen MR) is 77.1 cm³/mol. The van der Waals surface area contributed by atoms with Gasteiger partial charge in [-0.05, 0) is 19.8 Å². The maximum absolute atomic E-state index is 11.1. The molecule has 0 atom stereocenters. The fraction of sp³-hybridized carbons (Fsp3) is 0.833. The molecule has 0 radical (unpaired) electrons. The monoisotopic (exact) mass is 261 g/mol. The van der Waals surface area contributed by atoms with E-state index in [1.807, 2.05) is 4.90 Å². The van der Waals surface area contributed by atoms with E-state index in [0.29, 0.717) is 6.54 Å². The van der Waals surface area contributed by atoms with Gasteiger partial charge in [-0.2, -0.15) is 0 Å². The Hall–Kier alpha value is -0.0900. The number of carbonyl (C=O) groups is 1. The Balaban J connectivity index is 4.04. The number of thiocarbonyl (C=S) groups is 1. The van der Waals surface area contributed by atoms with Gasteiger partial charge in [-0.1, -0.05) is 50.7 Å². The minimum absolute atomic E-state index is 0.189. The molecule has 0 spiro atoms. The average Bonchev–Trinajstić information content (AvgIpc) is 2.23. The van der Waals surface area contributed by atoms with E-state index in [2.05, 4.69) is 13.8 Å². The molecule has 0 bridgehead atoms. The molecule has 0 aliphatic rings. The number of nitrogens with zero attached hydrogens (tertiary/aromatic N) is 1. The van der Waals surface area contributed by atoms with Crippen LogP contribution in [0.5, 0.6) is 0 Å². The normalized spacial score (nSPS) is 10.2. The van der Waals surface area contributed by atoms with Crippen LogP contribution in [-0.2, 0) is 4.79 Å². The van der Waals surface area contributed by atoms with Crippen molar-refractivity contribution in [2.45, 2.75) is 46.5 Å². The van der Waals surface area contributed by atoms with Crippen molar-refractivity contribution >= 4 is 34.1 Å². The molecule has 0 aromatic rings. The van der Waals surface area contributed by atoms with Gasteiger partial charge in [0, 0.05) is 12.3 Å². The summed E-state index contributed by atoms with van der Waals surface area (Å²) in [6.45, 7) is 7.33. The lowest BCUT2D eigenvalue weighted by Crippen LogP contribution is -2.33. The molecule has 0 rings (SSSR count). The lowest BCUT2D eigenvalue weighted by atomic mass is 10.3. The zero-order chi connectivity index (χ0) is 12.4. The molecule has 0 saturated heterocycles. The SMILES string of the molecule is CCCCSC(=S)N(CCCC)CC(C)=O. The Morgan fingerprint density at radius 2 is 1.88 bits per heavy atom. The van der Waals surface area contributed by atoms with Crippen LogP contribution in [0.3, 0.4) is 0 Å². The quantitative estimate of drug-likeness (QED) is 0.492. The van der Waals surface area contributed by atoms with Crippen molar-refractivity contribution in [1.82, 2.24) is 4.90 Å². The zero-order valence-corrected chi connectivity index (χ0v) is 12.3. The summed E-state index contributed by atoms with van der Waals surface area (Å²) in [5.41, 5.74) is 0. The molecule has 0 aliphatic carbocycles. The van der Waals surface area contributed by atoms with Crippen molar-refractivity contribution in [3.8, 4) is 0 Å². The van der Waals surface area contributed by atoms with Crippen LogP contribution in [0.25, 0.3) is 0 Å². The molecule has 0 aliphatic heterocycles. The van der Waals surface area contributed by atoms with E-state index < -0.39 is 0 Å². The first-order valence-electron chi connectivity index (χ1n) is 6.02. The van der Waals surface area contributed by atoms with E-state index >= 15 is 0 Å². The fourth-order valence-corrected chi connectivity index (χ4v) is 2.60. The Bertz CT molecular complexity index is 219. The van der Waals surface area contributed by atoms with E-state index in [0.717, 1.165) is 29.5 Å². The Morgan fingerprint density at radius 1 is 1.25 bits per heavy atom. The summed E-state index contributed by atoms with van der Waals surface area (Å²) in [5, 5.41) is 0. The van der Waals surface area contributed by atoms with E-state index in [1.165, 1.54) is 12.8 Å². The number of Topliss-reactive ketones (excluding diaryl/α,β-unsaturated/α-hetero) is 1. The molecular weight excluding hydrogens is 238 g/mol. The van der Waals surface area contributed by atoms with Crippen LogP contribution >= 0.6 is 24.0 Å². The molecule has 2 nitrogen and oxygen atoms in total. The first-order chi connectivity index (χ1) is 7.61. The molecule has 0 unspecified atom stereocenters. The Kier molecular flexibility index (Phi) is 10.0. The van der Waals surface area contributed by atoms with Crippen LogP contribution in [0.4, 0.5) is 0 Å². The van der Waals surface area contributed by atoms with Gasteiger partial charge in [0.1, 0.15) is 10.1 Å². The summed E-state index contributed by atoms with van der Waals surface area (Å²) >= 11 is 7.06. The summed E-state index contributed by atoms with van der Waals surface area (Å²) in [7, 11) is 0. The van der Waals surface area contributed by atoms with Crippen molar-refractivity contribution in [2.24, 2.45) is 0 Å². The summed E-state index contributed by atoms with van der Waals surface area (Å²) in [4.78, 5) is 13.2. The molecule has 16 heavy (non-hydrogen) atoms. The predicted octanol–water partition coefficient (Wildman–Crippen LogP) is 3.50. The average molecular weight is 261 g/mol. The van der Waals surface area contributed by atoms with Crippen molar-refractivity contribution in [2.75, 3.05) is 18.8 Å². The van der Waals surface area contributed by atoms with Crippen molar-refractivity contribution in [3.05, 3.63) is 0 Å². The molecular formula is C12H23NOS2. The Morgan fingerprint density at radius 3 is 2.38 bits per heavy atom. The van der Waals surface area contributed by atoms with Gasteiger partial charge < -0.3 is 4.90 Å². The Labute approximate surface area is 109 Å². The van der Waals surface area contributed by atoms with Gasteiger partial charge in [-0.3, -0.25) is 4.79 Å². The lowest BCUT2D eigenvalue weighted by molar-refractivity contribution is -0.117. The minimum Gasteiger partial charge on any atom is -0.350 e. The summed E-state index contributed by atoms with van der Waals surface area (Å²) in [6, 6.07) is 0. The van der Waals surface area contributed by atoms with Crippen LogP contribution in [0.1, 0.15) is 46.5 Å². The second-order valence-corrected chi connectivity index (χ2v) is 5.67. The molecule has 0 aromatic heterocycles. The second-order valence-electron chi connectivity index (χ2n) is 3.95. The maximum Gasteiger partial charge on any atom is 0.149 e. The second kappa shape index (κ2) is 10.1. The summed E-state index contributed by atoms with van der Waals surface area (Å²) < 4.78 is 0.886. The molecule has 0 amide bonds. The molecule has 94 valence electrons. The summed E-state index contributed by atoms with van der Waals surface area (Å²) in [5.74, 6) is 1.25. The molecule has 0 heterocycles. The van der Waals surface area contributed by atoms with Gasteiger partial charge >= 0.3 is 0 Å². The third kappa shape index (κ3) is 8.11. The van der Waals surface area contributed by atoms with Gasteiger partial charge in [-0.15, -0.1) is 0 Å². The van der Waals surface area contributed by atoms with Gasteiger partial charge in [0.25, 0.3) is 0 Å². The first kappa shape index (κ1) is 15.9. The maximum atomic E-state index is 11.1. The summed E-state index contributed by atoms with van der Waals surface area (Å²) in [6.07, 6.45) is 4.61. The standard InChI is InChI=1S/C12H23NOS2/c1-4-6-8-13(10-11(3)14)12(15)16-9-7-5-2/h4-10H2,1-3H3. The van der Waals surface area contributed by atoms with E-state index in [9.17, 15) is 4.79 Å². The van der Waals surface area contributed by atoms with Crippen LogP contribution in [-0.4, -0.2) is 33.8 Å². The van der Waals surface area contributed by atoms with Crippen molar-refractivity contribution in [1.29, 1.82) is 0 Å². The molecule has 4 heteroatoms. The third-order valence-corrected chi connectivity index (χ3v) is 3.79. The van der Waals surface area contributed by atoms with E-state index in [1.54, 1.807) is 18.7 Å². The smallest absolute Gasteiger partial charge is 0.149 e. The highest BCUT2D eigenvalue weighted by molar-refractivity contribution is 8.22. The van der Waals surface area contributed by atoms with Gasteiger partial charge in [-0.25, -0.2) is 0 Å². The van der Waals surface area contributed by atoms with Crippen LogP contribution in [0.15, 0.2) is 0 Å². The topological polar surface area (TPSA) is 20.3 Å². The van der Waals surface area contributed by atoms with Crippen molar-refractivity contribution < 1.29 is 4.79 Å². The number of rotatable bonds is 8. The number of hydrogen-bond donors (Lipinski definition) is 0. The number of unbranched alkanes of at least 4 members (excludes halogenated alkanes) is 2. The molecule has 0 N–H and O–H groups in total. The van der Waals surface area contributed by atoms with Crippen LogP contribution < -0.4 is 0 Å². The van der Waals surface area contributed by atoms with Gasteiger partial charge in [0.15, 0.2) is 0 Å². The van der Waals surface area contributed by atoms with E-state index in [-0.39, 0.29) is 5.78 Å². The number of ketones is 1. The highest BCUT2D eigenvalue weighted by atomic mass is 32.2. The molecule has 0 aromatic carbocycles. The number of hydrogen-bond acceptors (Lipinski definition) is 3.